The average molecular weight is 277 g/mol. The fraction of sp³-hybridized carbons (Fsp3) is 0.167. The van der Waals surface area contributed by atoms with E-state index in [1.54, 1.807) is 0 Å². The molecule has 3 nitrogen and oxygen atoms in total. The van der Waals surface area contributed by atoms with Crippen LogP contribution in [-0.4, -0.2) is 10.2 Å². The van der Waals surface area contributed by atoms with Crippen molar-refractivity contribution in [3.05, 3.63) is 77.5 Å². The van der Waals surface area contributed by atoms with Crippen LogP contribution in [0.2, 0.25) is 0 Å². The minimum atomic E-state index is 0.800. The van der Waals surface area contributed by atoms with Crippen molar-refractivity contribution >= 4 is 0 Å². The molecule has 106 valence electrons. The zero-order valence-electron chi connectivity index (χ0n) is 12.1. The molecule has 1 heterocycles. The Morgan fingerprint density at radius 2 is 1.86 bits per heavy atom. The molecular formula is C18H19N3. The van der Waals surface area contributed by atoms with Crippen molar-refractivity contribution in [3.8, 4) is 11.3 Å². The summed E-state index contributed by atoms with van der Waals surface area (Å²) in [5, 5.41) is 10.7. The highest BCUT2D eigenvalue weighted by Gasteiger charge is 2.06. The molecule has 3 heteroatoms. The van der Waals surface area contributed by atoms with Crippen LogP contribution in [-0.2, 0) is 13.1 Å². The molecule has 0 unspecified atom stereocenters. The lowest BCUT2D eigenvalue weighted by atomic mass is 10.1. The van der Waals surface area contributed by atoms with E-state index in [0.29, 0.717) is 0 Å². The number of benzene rings is 2. The van der Waals surface area contributed by atoms with Gasteiger partial charge in [0.2, 0.25) is 0 Å². The molecule has 0 spiro atoms. The van der Waals surface area contributed by atoms with E-state index < -0.39 is 0 Å². The van der Waals surface area contributed by atoms with E-state index in [1.165, 1.54) is 22.3 Å². The van der Waals surface area contributed by atoms with Gasteiger partial charge < -0.3 is 5.32 Å². The van der Waals surface area contributed by atoms with Gasteiger partial charge in [-0.05, 0) is 18.1 Å². The van der Waals surface area contributed by atoms with E-state index in [1.807, 2.05) is 24.4 Å². The van der Waals surface area contributed by atoms with Gasteiger partial charge in [0.05, 0.1) is 11.9 Å². The highest BCUT2D eigenvalue weighted by atomic mass is 15.1. The molecule has 0 amide bonds. The Morgan fingerprint density at radius 1 is 1.00 bits per heavy atom. The molecule has 0 bridgehead atoms. The molecule has 3 aromatic rings. The van der Waals surface area contributed by atoms with Gasteiger partial charge in [0.25, 0.3) is 0 Å². The number of H-pyrrole nitrogens is 1. The Hall–Kier alpha value is -2.39. The van der Waals surface area contributed by atoms with Gasteiger partial charge in [0.15, 0.2) is 0 Å². The summed E-state index contributed by atoms with van der Waals surface area (Å²) in [4.78, 5) is 0. The Kier molecular flexibility index (Phi) is 4.12. The number of aromatic amines is 1. The number of hydrogen-bond acceptors (Lipinski definition) is 2. The third kappa shape index (κ3) is 3.38. The second-order valence-electron chi connectivity index (χ2n) is 5.23. The molecule has 0 saturated carbocycles. The van der Waals surface area contributed by atoms with Crippen molar-refractivity contribution in [3.63, 3.8) is 0 Å². The quantitative estimate of drug-likeness (QED) is 0.747. The first kappa shape index (κ1) is 13.6. The van der Waals surface area contributed by atoms with Crippen LogP contribution < -0.4 is 5.32 Å². The predicted molar refractivity (Wildman–Crippen MR) is 85.7 cm³/mol. The monoisotopic (exact) mass is 277 g/mol. The molecule has 1 aromatic heterocycles. The zero-order chi connectivity index (χ0) is 14.5. The summed E-state index contributed by atoms with van der Waals surface area (Å²) in [6, 6.07) is 18.9. The summed E-state index contributed by atoms with van der Waals surface area (Å²) in [7, 11) is 0. The normalized spacial score (nSPS) is 10.7. The molecule has 0 saturated heterocycles. The minimum absolute atomic E-state index is 0.800. The van der Waals surface area contributed by atoms with Crippen LogP contribution in [0, 0.1) is 6.92 Å². The molecule has 0 aliphatic carbocycles. The average Bonchev–Trinajstić information content (AvgIpc) is 2.97. The lowest BCUT2D eigenvalue weighted by molar-refractivity contribution is 0.694. The van der Waals surface area contributed by atoms with Crippen molar-refractivity contribution < 1.29 is 0 Å². The summed E-state index contributed by atoms with van der Waals surface area (Å²) in [5.74, 6) is 0. The third-order valence-electron chi connectivity index (χ3n) is 3.51. The van der Waals surface area contributed by atoms with Gasteiger partial charge in [-0.2, -0.15) is 5.10 Å². The number of aryl methyl sites for hydroxylation is 1. The van der Waals surface area contributed by atoms with Gasteiger partial charge in [-0.1, -0.05) is 60.2 Å². The number of nitrogens with one attached hydrogen (secondary N) is 2. The van der Waals surface area contributed by atoms with Crippen LogP contribution in [0.15, 0.2) is 60.8 Å². The van der Waals surface area contributed by atoms with Gasteiger partial charge in [-0.25, -0.2) is 0 Å². The highest BCUT2D eigenvalue weighted by molar-refractivity contribution is 5.62. The lowest BCUT2D eigenvalue weighted by Crippen LogP contribution is -2.12. The van der Waals surface area contributed by atoms with Crippen molar-refractivity contribution in [1.82, 2.24) is 15.5 Å². The van der Waals surface area contributed by atoms with E-state index in [9.17, 15) is 0 Å². The topological polar surface area (TPSA) is 40.7 Å². The molecule has 21 heavy (non-hydrogen) atoms. The molecule has 3 rings (SSSR count). The molecule has 0 fully saturated rings. The maximum atomic E-state index is 4.17. The fourth-order valence-corrected chi connectivity index (χ4v) is 2.46. The predicted octanol–water partition coefficient (Wildman–Crippen LogP) is 3.67. The number of nitrogens with zero attached hydrogens (tertiary/aromatic N) is 1. The summed E-state index contributed by atoms with van der Waals surface area (Å²) >= 11 is 0. The lowest BCUT2D eigenvalue weighted by Gasteiger charge is -2.06. The van der Waals surface area contributed by atoms with E-state index >= 15 is 0 Å². The van der Waals surface area contributed by atoms with Gasteiger partial charge in [-0.15, -0.1) is 0 Å². The largest absolute Gasteiger partial charge is 0.308 e. The Balaban J connectivity index is 1.66. The zero-order valence-corrected chi connectivity index (χ0v) is 12.1. The van der Waals surface area contributed by atoms with Crippen molar-refractivity contribution in [1.29, 1.82) is 0 Å². The molecular weight excluding hydrogens is 258 g/mol. The molecule has 0 atom stereocenters. The first-order chi connectivity index (χ1) is 10.3. The van der Waals surface area contributed by atoms with Gasteiger partial charge >= 0.3 is 0 Å². The Labute approximate surface area is 125 Å². The first-order valence-corrected chi connectivity index (χ1v) is 7.17. The maximum Gasteiger partial charge on any atom is 0.0695 e. The summed E-state index contributed by atoms with van der Waals surface area (Å²) in [6.07, 6.45) is 1.89. The van der Waals surface area contributed by atoms with E-state index in [0.717, 1.165) is 18.8 Å². The first-order valence-electron chi connectivity index (χ1n) is 7.17. The number of rotatable bonds is 5. The van der Waals surface area contributed by atoms with Crippen LogP contribution >= 0.6 is 0 Å². The van der Waals surface area contributed by atoms with E-state index in [-0.39, 0.29) is 0 Å². The van der Waals surface area contributed by atoms with Gasteiger partial charge in [0.1, 0.15) is 0 Å². The minimum Gasteiger partial charge on any atom is -0.308 e. The summed E-state index contributed by atoms with van der Waals surface area (Å²) in [5.41, 5.74) is 6.05. The molecule has 0 aliphatic rings. The molecule has 2 N–H and O–H groups in total. The van der Waals surface area contributed by atoms with Crippen LogP contribution in [0.5, 0.6) is 0 Å². The summed E-state index contributed by atoms with van der Waals surface area (Å²) in [6.45, 7) is 3.78. The Morgan fingerprint density at radius 3 is 2.67 bits per heavy atom. The fourth-order valence-electron chi connectivity index (χ4n) is 2.46. The molecule has 0 aliphatic heterocycles. The van der Waals surface area contributed by atoms with Crippen molar-refractivity contribution in [2.45, 2.75) is 20.0 Å². The van der Waals surface area contributed by atoms with Crippen LogP contribution in [0.3, 0.4) is 0 Å². The molecule has 0 radical (unpaired) electrons. The molecule has 2 aromatic carbocycles. The van der Waals surface area contributed by atoms with Crippen LogP contribution in [0.25, 0.3) is 11.3 Å². The van der Waals surface area contributed by atoms with Crippen LogP contribution in [0.1, 0.15) is 16.7 Å². The van der Waals surface area contributed by atoms with Crippen molar-refractivity contribution in [2.24, 2.45) is 0 Å². The highest BCUT2D eigenvalue weighted by Crippen LogP contribution is 2.20. The standard InChI is InChI=1S/C18H19N3/c1-14-6-5-7-15(10-14)11-19-12-17-13-20-21-18(17)16-8-3-2-4-9-16/h2-10,13,19H,11-12H2,1H3,(H,20,21). The summed E-state index contributed by atoms with van der Waals surface area (Å²) < 4.78 is 0. The number of hydrogen-bond donors (Lipinski definition) is 2. The second kappa shape index (κ2) is 6.37. The van der Waals surface area contributed by atoms with Gasteiger partial charge in [-0.3, -0.25) is 5.10 Å². The SMILES string of the molecule is Cc1cccc(CNCc2cn[nH]c2-c2ccccc2)c1. The van der Waals surface area contributed by atoms with Crippen molar-refractivity contribution in [2.75, 3.05) is 0 Å². The number of aromatic nitrogens is 2. The van der Waals surface area contributed by atoms with Crippen LogP contribution in [0.4, 0.5) is 0 Å². The van der Waals surface area contributed by atoms with E-state index in [4.69, 9.17) is 0 Å². The van der Waals surface area contributed by atoms with E-state index in [2.05, 4.69) is 58.8 Å². The van der Waals surface area contributed by atoms with Gasteiger partial charge in [0, 0.05) is 18.7 Å². The maximum absolute atomic E-state index is 4.17. The third-order valence-corrected chi connectivity index (χ3v) is 3.51. The smallest absolute Gasteiger partial charge is 0.0695 e. The second-order valence-corrected chi connectivity index (χ2v) is 5.23. The Bertz CT molecular complexity index is 701.